The molecule has 7 heteroatoms. The second kappa shape index (κ2) is 8.69. The van der Waals surface area contributed by atoms with E-state index >= 15 is 0 Å². The highest BCUT2D eigenvalue weighted by Gasteiger charge is 2.24. The fraction of sp³-hybridized carbons (Fsp3) is 0.611. The third kappa shape index (κ3) is 6.60. The molecule has 25 heavy (non-hydrogen) atoms. The zero-order valence-corrected chi connectivity index (χ0v) is 16.0. The number of carbonyl (C=O) groups excluding carboxylic acids is 1. The summed E-state index contributed by atoms with van der Waals surface area (Å²) in [4.78, 5) is 24.6. The maximum Gasteiger partial charge on any atom is 0.410 e. The summed E-state index contributed by atoms with van der Waals surface area (Å²) in [5, 5.41) is 14.5. The Kier molecular flexibility index (Phi) is 7.21. The van der Waals surface area contributed by atoms with E-state index < -0.39 is 16.6 Å². The number of rotatable bonds is 7. The number of amides is 1. The van der Waals surface area contributed by atoms with Crippen LogP contribution in [0.2, 0.25) is 0 Å². The molecule has 1 aromatic carbocycles. The van der Waals surface area contributed by atoms with Crippen LogP contribution < -0.4 is 5.32 Å². The lowest BCUT2D eigenvalue weighted by Gasteiger charge is -2.28. The first-order valence-electron chi connectivity index (χ1n) is 8.49. The van der Waals surface area contributed by atoms with Crippen LogP contribution in [0.15, 0.2) is 18.2 Å². The Morgan fingerprint density at radius 2 is 2.04 bits per heavy atom. The van der Waals surface area contributed by atoms with Crippen molar-refractivity contribution in [3.8, 4) is 0 Å². The fourth-order valence-electron chi connectivity index (χ4n) is 2.50. The molecule has 1 rings (SSSR count). The molecule has 140 valence electrons. The molecule has 0 fully saturated rings. The van der Waals surface area contributed by atoms with Crippen LogP contribution in [0.25, 0.3) is 0 Å². The van der Waals surface area contributed by atoms with Gasteiger partial charge in [-0.05, 0) is 39.7 Å². The number of hydrogen-bond donors (Lipinski definition) is 1. The summed E-state index contributed by atoms with van der Waals surface area (Å²) >= 11 is 0. The summed E-state index contributed by atoms with van der Waals surface area (Å²) in [6.07, 6.45) is 1.26. The van der Waals surface area contributed by atoms with E-state index in [1.807, 2.05) is 40.7 Å². The topological polar surface area (TPSA) is 84.7 Å². The first-order chi connectivity index (χ1) is 11.5. The Morgan fingerprint density at radius 3 is 2.56 bits per heavy atom. The number of ether oxygens (including phenoxy) is 1. The Labute approximate surface area is 149 Å². The molecule has 0 saturated heterocycles. The van der Waals surface area contributed by atoms with Crippen molar-refractivity contribution in [1.29, 1.82) is 0 Å². The third-order valence-corrected chi connectivity index (χ3v) is 3.63. The molecule has 0 aliphatic heterocycles. The lowest BCUT2D eigenvalue weighted by atomic mass is 10.1. The van der Waals surface area contributed by atoms with Crippen molar-refractivity contribution in [2.45, 2.75) is 59.1 Å². The Hall–Kier alpha value is -2.31. The number of benzene rings is 1. The van der Waals surface area contributed by atoms with Gasteiger partial charge in [-0.3, -0.25) is 10.1 Å². The monoisotopic (exact) mass is 351 g/mol. The van der Waals surface area contributed by atoms with E-state index in [1.54, 1.807) is 13.1 Å². The van der Waals surface area contributed by atoms with E-state index in [1.165, 1.54) is 11.0 Å². The summed E-state index contributed by atoms with van der Waals surface area (Å²) in [5.41, 5.74) is 0.785. The highest BCUT2D eigenvalue weighted by molar-refractivity contribution is 5.69. The summed E-state index contributed by atoms with van der Waals surface area (Å²) < 4.78 is 5.37. The van der Waals surface area contributed by atoms with Crippen molar-refractivity contribution in [2.24, 2.45) is 0 Å². The van der Waals surface area contributed by atoms with Gasteiger partial charge in [0.2, 0.25) is 0 Å². The van der Waals surface area contributed by atoms with Gasteiger partial charge in [0.25, 0.3) is 5.69 Å². The average Bonchev–Trinajstić information content (AvgIpc) is 2.47. The number of hydrogen-bond acceptors (Lipinski definition) is 5. The molecular formula is C18H29N3O4. The predicted octanol–water partition coefficient (Wildman–Crippen LogP) is 4.35. The SMILES string of the molecule is CCCC(CN(C)C(=O)OC(C)(C)C)Nc1c(C)cccc1[N+](=O)[O-]. The highest BCUT2D eigenvalue weighted by Crippen LogP contribution is 2.29. The minimum atomic E-state index is -0.562. The zero-order chi connectivity index (χ0) is 19.2. The van der Waals surface area contributed by atoms with Gasteiger partial charge in [-0.2, -0.15) is 0 Å². The van der Waals surface area contributed by atoms with E-state index in [2.05, 4.69) is 5.32 Å². The zero-order valence-electron chi connectivity index (χ0n) is 16.0. The summed E-state index contributed by atoms with van der Waals surface area (Å²) in [5.74, 6) is 0. The first kappa shape index (κ1) is 20.7. The number of anilines is 1. The molecule has 0 bridgehead atoms. The van der Waals surface area contributed by atoms with E-state index in [0.717, 1.165) is 18.4 Å². The number of para-hydroxylation sites is 1. The van der Waals surface area contributed by atoms with E-state index in [4.69, 9.17) is 4.74 Å². The van der Waals surface area contributed by atoms with Gasteiger partial charge in [0.15, 0.2) is 0 Å². The molecule has 1 unspecified atom stereocenters. The van der Waals surface area contributed by atoms with Gasteiger partial charge in [-0.25, -0.2) is 4.79 Å². The molecule has 1 aromatic rings. The normalized spacial score (nSPS) is 12.4. The quantitative estimate of drug-likeness (QED) is 0.583. The van der Waals surface area contributed by atoms with E-state index in [9.17, 15) is 14.9 Å². The Bertz CT molecular complexity index is 611. The Balaban J connectivity index is 2.92. The molecule has 1 atom stereocenters. The number of nitro benzene ring substituents is 1. The number of nitrogens with zero attached hydrogens (tertiary/aromatic N) is 2. The molecule has 0 spiro atoms. The van der Waals surface area contributed by atoms with E-state index in [-0.39, 0.29) is 11.7 Å². The van der Waals surface area contributed by atoms with Crippen LogP contribution in [0.5, 0.6) is 0 Å². The predicted molar refractivity (Wildman–Crippen MR) is 99.0 cm³/mol. The van der Waals surface area contributed by atoms with Crippen molar-refractivity contribution in [1.82, 2.24) is 4.90 Å². The van der Waals surface area contributed by atoms with Crippen LogP contribution in [-0.2, 0) is 4.74 Å². The second-order valence-electron chi connectivity index (χ2n) is 7.22. The van der Waals surface area contributed by atoms with Crippen molar-refractivity contribution in [3.63, 3.8) is 0 Å². The molecule has 1 amide bonds. The van der Waals surface area contributed by atoms with Crippen molar-refractivity contribution in [2.75, 3.05) is 18.9 Å². The van der Waals surface area contributed by atoms with Crippen LogP contribution >= 0.6 is 0 Å². The average molecular weight is 351 g/mol. The van der Waals surface area contributed by atoms with Gasteiger partial charge < -0.3 is 15.0 Å². The lowest BCUT2D eigenvalue weighted by Crippen LogP contribution is -2.41. The number of nitrogens with one attached hydrogen (secondary N) is 1. The number of aryl methyl sites for hydroxylation is 1. The minimum absolute atomic E-state index is 0.0426. The molecule has 0 radical (unpaired) electrons. The number of likely N-dealkylation sites (N-methyl/N-ethyl adjacent to an activating group) is 1. The largest absolute Gasteiger partial charge is 0.444 e. The Morgan fingerprint density at radius 1 is 1.40 bits per heavy atom. The molecular weight excluding hydrogens is 322 g/mol. The van der Waals surface area contributed by atoms with Gasteiger partial charge in [0.1, 0.15) is 11.3 Å². The van der Waals surface area contributed by atoms with Crippen LogP contribution in [-0.4, -0.2) is 41.2 Å². The third-order valence-electron chi connectivity index (χ3n) is 3.63. The van der Waals surface area contributed by atoms with Crippen LogP contribution in [0.1, 0.15) is 46.1 Å². The smallest absolute Gasteiger partial charge is 0.410 e. The molecule has 0 aliphatic carbocycles. The maximum atomic E-state index is 12.2. The molecule has 7 nitrogen and oxygen atoms in total. The molecule has 0 aliphatic rings. The van der Waals surface area contributed by atoms with Gasteiger partial charge in [-0.15, -0.1) is 0 Å². The first-order valence-corrected chi connectivity index (χ1v) is 8.49. The number of carbonyl (C=O) groups is 1. The molecule has 1 N–H and O–H groups in total. The molecule has 0 aromatic heterocycles. The lowest BCUT2D eigenvalue weighted by molar-refractivity contribution is -0.384. The molecule has 0 heterocycles. The van der Waals surface area contributed by atoms with Gasteiger partial charge in [0, 0.05) is 25.7 Å². The van der Waals surface area contributed by atoms with Crippen LogP contribution in [0.3, 0.4) is 0 Å². The highest BCUT2D eigenvalue weighted by atomic mass is 16.6. The van der Waals surface area contributed by atoms with Gasteiger partial charge >= 0.3 is 6.09 Å². The summed E-state index contributed by atoms with van der Waals surface area (Å²) in [6, 6.07) is 4.87. The minimum Gasteiger partial charge on any atom is -0.444 e. The molecule has 0 saturated carbocycles. The summed E-state index contributed by atoms with van der Waals surface area (Å²) in [7, 11) is 1.67. The van der Waals surface area contributed by atoms with Gasteiger partial charge in [-0.1, -0.05) is 25.5 Å². The van der Waals surface area contributed by atoms with Crippen molar-refractivity contribution >= 4 is 17.5 Å². The summed E-state index contributed by atoms with van der Waals surface area (Å²) in [6.45, 7) is 9.71. The van der Waals surface area contributed by atoms with Crippen LogP contribution in [0, 0.1) is 17.0 Å². The number of nitro groups is 1. The van der Waals surface area contributed by atoms with Gasteiger partial charge in [0.05, 0.1) is 4.92 Å². The van der Waals surface area contributed by atoms with Crippen molar-refractivity contribution in [3.05, 3.63) is 33.9 Å². The maximum absolute atomic E-state index is 12.2. The van der Waals surface area contributed by atoms with Crippen LogP contribution in [0.4, 0.5) is 16.2 Å². The van der Waals surface area contributed by atoms with Crippen molar-refractivity contribution < 1.29 is 14.5 Å². The standard InChI is InChI=1S/C18H29N3O4/c1-7-9-14(12-20(6)17(22)25-18(3,4)5)19-16-13(2)10-8-11-15(16)21(23)24/h8,10-11,14,19H,7,9,12H2,1-6H3. The van der Waals surface area contributed by atoms with E-state index in [0.29, 0.717) is 12.2 Å². The second-order valence-corrected chi connectivity index (χ2v) is 7.22. The fourth-order valence-corrected chi connectivity index (χ4v) is 2.50.